The maximum Gasteiger partial charge on any atom is 0.189 e. The number of hydrogen-bond donors (Lipinski definition) is 2. The van der Waals surface area contributed by atoms with Crippen LogP contribution in [0.4, 0.5) is 0 Å². The Hall–Kier alpha value is -1.87. The van der Waals surface area contributed by atoms with Gasteiger partial charge in [0.2, 0.25) is 0 Å². The number of benzene rings is 1. The summed E-state index contributed by atoms with van der Waals surface area (Å²) in [6.45, 7) is 0.517. The molecule has 1 aromatic carbocycles. The Balaban J connectivity index is 2.57. The number of hydrogen-bond acceptors (Lipinski definition) is 2. The quantitative estimate of drug-likeness (QED) is 0.771. The van der Waals surface area contributed by atoms with Gasteiger partial charge in [-0.1, -0.05) is 18.2 Å². The maximum atomic E-state index is 11.4. The van der Waals surface area contributed by atoms with Gasteiger partial charge in [0.25, 0.3) is 0 Å². The monoisotopic (exact) mass is 200 g/mol. The van der Waals surface area contributed by atoms with E-state index in [0.717, 1.165) is 11.1 Å². The molecule has 0 spiro atoms. The molecule has 15 heavy (non-hydrogen) atoms. The molecule has 0 amide bonds. The first-order valence-electron chi connectivity index (χ1n) is 4.79. The van der Waals surface area contributed by atoms with Crippen molar-refractivity contribution in [2.24, 2.45) is 5.73 Å². The second kappa shape index (κ2) is 4.11. The van der Waals surface area contributed by atoms with Gasteiger partial charge in [-0.05, 0) is 17.7 Å². The molecule has 0 unspecified atom stereocenters. The number of pyridine rings is 1. The summed E-state index contributed by atoms with van der Waals surface area (Å²) in [5, 5.41) is 0.711. The van der Waals surface area contributed by atoms with E-state index in [4.69, 9.17) is 5.73 Å². The van der Waals surface area contributed by atoms with Gasteiger partial charge in [0, 0.05) is 29.7 Å². The van der Waals surface area contributed by atoms with Crippen molar-refractivity contribution in [1.29, 1.82) is 0 Å². The minimum absolute atomic E-state index is 0.0399. The van der Waals surface area contributed by atoms with Crippen molar-refractivity contribution in [1.82, 2.24) is 4.98 Å². The van der Waals surface area contributed by atoms with E-state index in [9.17, 15) is 4.79 Å². The molecule has 1 aromatic heterocycles. The van der Waals surface area contributed by atoms with Gasteiger partial charge in [0.1, 0.15) is 0 Å². The molecule has 3 heteroatoms. The number of rotatable bonds is 2. The zero-order valence-corrected chi connectivity index (χ0v) is 8.23. The Morgan fingerprint density at radius 1 is 1.33 bits per heavy atom. The topological polar surface area (TPSA) is 58.9 Å². The summed E-state index contributed by atoms with van der Waals surface area (Å²) < 4.78 is 0. The van der Waals surface area contributed by atoms with Crippen LogP contribution in [0, 0.1) is 0 Å². The molecular weight excluding hydrogens is 188 g/mol. The van der Waals surface area contributed by atoms with Crippen molar-refractivity contribution in [2.75, 3.05) is 6.54 Å². The Labute approximate surface area is 87.2 Å². The van der Waals surface area contributed by atoms with E-state index in [1.54, 1.807) is 6.20 Å². The molecule has 2 rings (SSSR count). The van der Waals surface area contributed by atoms with E-state index in [-0.39, 0.29) is 5.43 Å². The molecule has 0 aliphatic rings. The molecule has 1 heterocycles. The summed E-state index contributed by atoms with van der Waals surface area (Å²) in [4.78, 5) is 14.5. The lowest BCUT2D eigenvalue weighted by molar-refractivity contribution is 1.26. The third-order valence-electron chi connectivity index (χ3n) is 2.23. The average Bonchev–Trinajstić information content (AvgIpc) is 2.26. The fraction of sp³-hybridized carbons (Fsp3) is 0.0833. The number of aromatic nitrogens is 1. The van der Waals surface area contributed by atoms with Crippen molar-refractivity contribution in [3.8, 4) is 0 Å². The highest BCUT2D eigenvalue weighted by atomic mass is 16.1. The first-order chi connectivity index (χ1) is 7.31. The number of nitrogens with two attached hydrogens (primary N) is 1. The fourth-order valence-electron chi connectivity index (χ4n) is 1.50. The zero-order chi connectivity index (χ0) is 10.7. The lowest BCUT2D eigenvalue weighted by atomic mass is 10.1. The SMILES string of the molecule is NCC=Cc1ccc2c(=O)cc[nH]c2c1. The number of aromatic amines is 1. The minimum atomic E-state index is 0.0399. The van der Waals surface area contributed by atoms with E-state index >= 15 is 0 Å². The normalized spacial score (nSPS) is 11.3. The highest BCUT2D eigenvalue weighted by Crippen LogP contribution is 2.10. The van der Waals surface area contributed by atoms with E-state index in [0.29, 0.717) is 11.9 Å². The van der Waals surface area contributed by atoms with Crippen molar-refractivity contribution >= 4 is 17.0 Å². The van der Waals surface area contributed by atoms with Gasteiger partial charge >= 0.3 is 0 Å². The third kappa shape index (κ3) is 1.97. The summed E-state index contributed by atoms with van der Waals surface area (Å²) >= 11 is 0. The summed E-state index contributed by atoms with van der Waals surface area (Å²) in [6.07, 6.45) is 5.47. The first kappa shape index (κ1) is 9.68. The molecule has 0 radical (unpaired) electrons. The average molecular weight is 200 g/mol. The number of fused-ring (bicyclic) bond motifs is 1. The highest BCUT2D eigenvalue weighted by molar-refractivity contribution is 5.80. The number of nitrogens with one attached hydrogen (secondary N) is 1. The Kier molecular flexibility index (Phi) is 2.65. The van der Waals surface area contributed by atoms with Gasteiger partial charge in [-0.25, -0.2) is 0 Å². The second-order valence-corrected chi connectivity index (χ2v) is 3.29. The maximum absolute atomic E-state index is 11.4. The minimum Gasteiger partial charge on any atom is -0.361 e. The van der Waals surface area contributed by atoms with Crippen LogP contribution < -0.4 is 11.2 Å². The molecular formula is C12H12N2O. The van der Waals surface area contributed by atoms with Crippen LogP contribution in [0.3, 0.4) is 0 Å². The molecule has 0 saturated carbocycles. The van der Waals surface area contributed by atoms with E-state index in [1.807, 2.05) is 30.4 Å². The van der Waals surface area contributed by atoms with E-state index in [2.05, 4.69) is 4.98 Å². The fourth-order valence-corrected chi connectivity index (χ4v) is 1.50. The van der Waals surface area contributed by atoms with Gasteiger partial charge < -0.3 is 10.7 Å². The van der Waals surface area contributed by atoms with Crippen molar-refractivity contribution in [3.05, 3.63) is 52.3 Å². The summed E-state index contributed by atoms with van der Waals surface area (Å²) in [5.74, 6) is 0. The van der Waals surface area contributed by atoms with Crippen LogP contribution >= 0.6 is 0 Å². The van der Waals surface area contributed by atoms with Gasteiger partial charge in [0.15, 0.2) is 5.43 Å². The van der Waals surface area contributed by atoms with E-state index in [1.165, 1.54) is 6.07 Å². The molecule has 76 valence electrons. The van der Waals surface area contributed by atoms with Gasteiger partial charge in [-0.2, -0.15) is 0 Å². The Bertz CT molecular complexity index is 555. The molecule has 3 nitrogen and oxygen atoms in total. The van der Waals surface area contributed by atoms with Crippen LogP contribution in [-0.2, 0) is 0 Å². The van der Waals surface area contributed by atoms with Gasteiger partial charge in [-0.15, -0.1) is 0 Å². The zero-order valence-electron chi connectivity index (χ0n) is 8.23. The van der Waals surface area contributed by atoms with Gasteiger partial charge in [-0.3, -0.25) is 4.79 Å². The summed E-state index contributed by atoms with van der Waals surface area (Å²) in [6, 6.07) is 7.19. The van der Waals surface area contributed by atoms with Crippen LogP contribution in [-0.4, -0.2) is 11.5 Å². The Morgan fingerprint density at radius 2 is 2.20 bits per heavy atom. The lowest BCUT2D eigenvalue weighted by Gasteiger charge is -1.98. The highest BCUT2D eigenvalue weighted by Gasteiger charge is 1.97. The standard InChI is InChI=1S/C12H12N2O/c13-6-1-2-9-3-4-10-11(8-9)14-7-5-12(10)15/h1-5,7-8H,6,13H2,(H,14,15). The lowest BCUT2D eigenvalue weighted by Crippen LogP contribution is -1.99. The van der Waals surface area contributed by atoms with Crippen LogP contribution in [0.1, 0.15) is 5.56 Å². The molecule has 0 bridgehead atoms. The van der Waals surface area contributed by atoms with Crippen LogP contribution in [0.5, 0.6) is 0 Å². The number of H-pyrrole nitrogens is 1. The third-order valence-corrected chi connectivity index (χ3v) is 2.23. The van der Waals surface area contributed by atoms with Crippen molar-refractivity contribution < 1.29 is 0 Å². The van der Waals surface area contributed by atoms with Gasteiger partial charge in [0.05, 0.1) is 0 Å². The molecule has 3 N–H and O–H groups in total. The van der Waals surface area contributed by atoms with Crippen molar-refractivity contribution in [2.45, 2.75) is 0 Å². The largest absolute Gasteiger partial charge is 0.361 e. The van der Waals surface area contributed by atoms with E-state index < -0.39 is 0 Å². The molecule has 0 aliphatic carbocycles. The molecule has 0 fully saturated rings. The summed E-state index contributed by atoms with van der Waals surface area (Å²) in [7, 11) is 0. The first-order valence-corrected chi connectivity index (χ1v) is 4.79. The van der Waals surface area contributed by atoms with Crippen LogP contribution in [0.25, 0.3) is 17.0 Å². The van der Waals surface area contributed by atoms with Crippen molar-refractivity contribution in [3.63, 3.8) is 0 Å². The predicted molar refractivity (Wildman–Crippen MR) is 62.7 cm³/mol. The predicted octanol–water partition coefficient (Wildman–Crippen LogP) is 1.50. The molecule has 0 atom stereocenters. The Morgan fingerprint density at radius 3 is 3.00 bits per heavy atom. The van der Waals surface area contributed by atoms with Crippen LogP contribution in [0.2, 0.25) is 0 Å². The molecule has 2 aromatic rings. The second-order valence-electron chi connectivity index (χ2n) is 3.29. The summed E-state index contributed by atoms with van der Waals surface area (Å²) in [5.41, 5.74) is 7.29. The smallest absolute Gasteiger partial charge is 0.189 e. The van der Waals surface area contributed by atoms with Crippen LogP contribution in [0.15, 0.2) is 41.3 Å². The molecule has 0 aliphatic heterocycles. The molecule has 0 saturated heterocycles.